The normalized spacial score (nSPS) is 12.8. The lowest BCUT2D eigenvalue weighted by molar-refractivity contribution is -0.00296. The van der Waals surface area contributed by atoms with Crippen LogP contribution in [-0.4, -0.2) is 58.9 Å². The molecule has 0 aliphatic carbocycles. The van der Waals surface area contributed by atoms with Gasteiger partial charge in [0.1, 0.15) is 0 Å². The molecule has 5 nitrogen and oxygen atoms in total. The first kappa shape index (κ1) is 17.8. The molecule has 0 rings (SSSR count). The monoisotopic (exact) mass is 263 g/mol. The molecule has 1 atom stereocenters. The van der Waals surface area contributed by atoms with Crippen LogP contribution in [0.1, 0.15) is 26.7 Å². The van der Waals surface area contributed by atoms with E-state index < -0.39 is 0 Å². The first-order chi connectivity index (χ1) is 8.77. The minimum atomic E-state index is 0.0843. The largest absolute Gasteiger partial charge is 0.379 e. The smallest absolute Gasteiger partial charge is 0.0701 e. The highest BCUT2D eigenvalue weighted by atomic mass is 16.6. The molecule has 0 aromatic carbocycles. The van der Waals surface area contributed by atoms with Crippen molar-refractivity contribution in [1.82, 2.24) is 0 Å². The summed E-state index contributed by atoms with van der Waals surface area (Å²) in [7, 11) is 0. The summed E-state index contributed by atoms with van der Waals surface area (Å²) in [4.78, 5) is 0. The Labute approximate surface area is 111 Å². The van der Waals surface area contributed by atoms with E-state index in [4.69, 9.17) is 24.7 Å². The summed E-state index contributed by atoms with van der Waals surface area (Å²) in [6.45, 7) is 9.13. The van der Waals surface area contributed by atoms with E-state index in [1.807, 2.05) is 6.92 Å². The van der Waals surface area contributed by atoms with E-state index in [1.54, 1.807) is 0 Å². The van der Waals surface area contributed by atoms with Gasteiger partial charge in [-0.2, -0.15) is 0 Å². The first-order valence-electron chi connectivity index (χ1n) is 6.84. The van der Waals surface area contributed by atoms with Crippen LogP contribution in [0, 0.1) is 0 Å². The number of hydrogen-bond acceptors (Lipinski definition) is 5. The van der Waals surface area contributed by atoms with Crippen LogP contribution in [-0.2, 0) is 18.9 Å². The maximum Gasteiger partial charge on any atom is 0.0701 e. The molecule has 0 saturated carbocycles. The Morgan fingerprint density at radius 3 is 1.67 bits per heavy atom. The van der Waals surface area contributed by atoms with Gasteiger partial charge in [-0.3, -0.25) is 0 Å². The third-order valence-corrected chi connectivity index (χ3v) is 2.14. The average molecular weight is 263 g/mol. The molecule has 0 unspecified atom stereocenters. The molecule has 0 aromatic rings. The lowest BCUT2D eigenvalue weighted by Gasteiger charge is -2.08. The van der Waals surface area contributed by atoms with Crippen molar-refractivity contribution in [2.45, 2.75) is 32.7 Å². The molecular weight excluding hydrogens is 234 g/mol. The van der Waals surface area contributed by atoms with Crippen LogP contribution in [0.15, 0.2) is 0 Å². The molecule has 0 aromatic heterocycles. The molecule has 0 saturated heterocycles. The quantitative estimate of drug-likeness (QED) is 0.477. The Kier molecular flexibility index (Phi) is 14.7. The van der Waals surface area contributed by atoms with Gasteiger partial charge in [0, 0.05) is 12.6 Å². The van der Waals surface area contributed by atoms with Gasteiger partial charge in [-0.15, -0.1) is 0 Å². The Balaban J connectivity index is 2.90. The van der Waals surface area contributed by atoms with Crippen molar-refractivity contribution in [3.8, 4) is 0 Å². The Bertz CT molecular complexity index is 156. The SMILES string of the molecule is CCCCOCCOCCOCCOC[C@H](C)N. The summed E-state index contributed by atoms with van der Waals surface area (Å²) < 4.78 is 21.3. The summed E-state index contributed by atoms with van der Waals surface area (Å²) in [6, 6.07) is 0.0843. The molecule has 0 aliphatic heterocycles. The molecule has 0 fully saturated rings. The van der Waals surface area contributed by atoms with Gasteiger partial charge in [-0.05, 0) is 13.3 Å². The van der Waals surface area contributed by atoms with Gasteiger partial charge in [0.15, 0.2) is 0 Å². The van der Waals surface area contributed by atoms with Gasteiger partial charge in [-0.25, -0.2) is 0 Å². The number of ether oxygens (including phenoxy) is 4. The first-order valence-corrected chi connectivity index (χ1v) is 6.84. The summed E-state index contributed by atoms with van der Waals surface area (Å²) >= 11 is 0. The van der Waals surface area contributed by atoms with E-state index in [2.05, 4.69) is 6.92 Å². The van der Waals surface area contributed by atoms with Crippen molar-refractivity contribution in [2.24, 2.45) is 5.73 Å². The zero-order valence-corrected chi connectivity index (χ0v) is 11.9. The third-order valence-electron chi connectivity index (χ3n) is 2.14. The van der Waals surface area contributed by atoms with E-state index in [0.717, 1.165) is 13.0 Å². The summed E-state index contributed by atoms with van der Waals surface area (Å²) in [5, 5.41) is 0. The molecule has 0 spiro atoms. The maximum atomic E-state index is 5.53. The van der Waals surface area contributed by atoms with E-state index in [0.29, 0.717) is 46.2 Å². The van der Waals surface area contributed by atoms with E-state index in [9.17, 15) is 0 Å². The van der Waals surface area contributed by atoms with Gasteiger partial charge < -0.3 is 24.7 Å². The average Bonchev–Trinajstić information content (AvgIpc) is 2.34. The fraction of sp³-hybridized carbons (Fsp3) is 1.00. The molecule has 0 bridgehead atoms. The van der Waals surface area contributed by atoms with Crippen molar-refractivity contribution in [3.63, 3.8) is 0 Å². The Morgan fingerprint density at radius 1 is 0.778 bits per heavy atom. The lowest BCUT2D eigenvalue weighted by Crippen LogP contribution is -2.23. The molecular formula is C13H29NO4. The van der Waals surface area contributed by atoms with E-state index in [1.165, 1.54) is 6.42 Å². The lowest BCUT2D eigenvalue weighted by atomic mass is 10.4. The van der Waals surface area contributed by atoms with Crippen LogP contribution in [0.3, 0.4) is 0 Å². The van der Waals surface area contributed by atoms with Crippen LogP contribution in [0.25, 0.3) is 0 Å². The molecule has 0 radical (unpaired) electrons. The second kappa shape index (κ2) is 14.9. The molecule has 2 N–H and O–H groups in total. The Hall–Kier alpha value is -0.200. The third kappa shape index (κ3) is 15.8. The van der Waals surface area contributed by atoms with E-state index in [-0.39, 0.29) is 6.04 Å². The standard InChI is InChI=1S/C13H29NO4/c1-3-4-5-15-6-7-16-8-9-17-10-11-18-12-13(2)14/h13H,3-12,14H2,1-2H3/t13-/m0/s1. The predicted molar refractivity (Wildman–Crippen MR) is 71.8 cm³/mol. The van der Waals surface area contributed by atoms with Crippen molar-refractivity contribution in [2.75, 3.05) is 52.9 Å². The predicted octanol–water partition coefficient (Wildman–Crippen LogP) is 1.20. The van der Waals surface area contributed by atoms with Gasteiger partial charge in [0.05, 0.1) is 46.2 Å². The second-order valence-electron chi connectivity index (χ2n) is 4.24. The number of unbranched alkanes of at least 4 members (excludes halogenated alkanes) is 1. The molecule has 5 heteroatoms. The van der Waals surface area contributed by atoms with Gasteiger partial charge in [0.25, 0.3) is 0 Å². The highest BCUT2D eigenvalue weighted by molar-refractivity contribution is 4.47. The van der Waals surface area contributed by atoms with Crippen LogP contribution >= 0.6 is 0 Å². The van der Waals surface area contributed by atoms with Gasteiger partial charge in [-0.1, -0.05) is 13.3 Å². The zero-order chi connectivity index (χ0) is 13.5. The fourth-order valence-electron chi connectivity index (χ4n) is 1.18. The van der Waals surface area contributed by atoms with E-state index >= 15 is 0 Å². The minimum Gasteiger partial charge on any atom is -0.379 e. The fourth-order valence-corrected chi connectivity index (χ4v) is 1.18. The van der Waals surface area contributed by atoms with Crippen LogP contribution < -0.4 is 5.73 Å². The van der Waals surface area contributed by atoms with Crippen LogP contribution in [0.2, 0.25) is 0 Å². The summed E-state index contributed by atoms with van der Waals surface area (Å²) in [5.41, 5.74) is 5.53. The molecule has 0 amide bonds. The summed E-state index contributed by atoms with van der Waals surface area (Å²) in [6.07, 6.45) is 2.28. The molecule has 110 valence electrons. The van der Waals surface area contributed by atoms with Gasteiger partial charge >= 0.3 is 0 Å². The van der Waals surface area contributed by atoms with Crippen molar-refractivity contribution in [3.05, 3.63) is 0 Å². The van der Waals surface area contributed by atoms with Crippen LogP contribution in [0.4, 0.5) is 0 Å². The van der Waals surface area contributed by atoms with Crippen LogP contribution in [0.5, 0.6) is 0 Å². The van der Waals surface area contributed by atoms with Crippen molar-refractivity contribution >= 4 is 0 Å². The van der Waals surface area contributed by atoms with Crippen molar-refractivity contribution in [1.29, 1.82) is 0 Å². The highest BCUT2D eigenvalue weighted by Crippen LogP contribution is 1.88. The Morgan fingerprint density at radius 2 is 1.22 bits per heavy atom. The highest BCUT2D eigenvalue weighted by Gasteiger charge is 1.94. The number of hydrogen-bond donors (Lipinski definition) is 1. The number of rotatable bonds is 14. The molecule has 0 aliphatic rings. The topological polar surface area (TPSA) is 62.9 Å². The number of nitrogens with two attached hydrogens (primary N) is 1. The maximum absolute atomic E-state index is 5.53. The second-order valence-corrected chi connectivity index (χ2v) is 4.24. The summed E-state index contributed by atoms with van der Waals surface area (Å²) in [5.74, 6) is 0. The zero-order valence-electron chi connectivity index (χ0n) is 11.9. The molecule has 0 heterocycles. The van der Waals surface area contributed by atoms with Crippen molar-refractivity contribution < 1.29 is 18.9 Å². The van der Waals surface area contributed by atoms with Gasteiger partial charge in [0.2, 0.25) is 0 Å². The molecule has 18 heavy (non-hydrogen) atoms. The minimum absolute atomic E-state index is 0.0843.